The molecule has 0 atom stereocenters. The topological polar surface area (TPSA) is 59.0 Å². The summed E-state index contributed by atoms with van der Waals surface area (Å²) in [4.78, 5) is 11.7. The molecule has 0 bridgehead atoms. The van der Waals surface area contributed by atoms with Gasteiger partial charge in [-0.2, -0.15) is 5.10 Å². The summed E-state index contributed by atoms with van der Waals surface area (Å²) in [5.74, 6) is 0.620. The first-order chi connectivity index (χ1) is 9.65. The molecule has 2 amide bonds. The van der Waals surface area contributed by atoms with E-state index in [1.807, 2.05) is 46.0 Å². The van der Waals surface area contributed by atoms with Gasteiger partial charge >= 0.3 is 6.03 Å². The molecule has 0 spiro atoms. The number of carbonyl (C=O) groups excluding carboxylic acids is 1. The maximum Gasteiger partial charge on any atom is 0.320 e. The Hall–Kier alpha value is -2.04. The molecule has 2 N–H and O–H groups in total. The van der Waals surface area contributed by atoms with Gasteiger partial charge in [0, 0.05) is 18.5 Å². The van der Waals surface area contributed by atoms with Crippen LogP contribution in [-0.2, 0) is 7.05 Å². The van der Waals surface area contributed by atoms with Gasteiger partial charge in [0.15, 0.2) is 5.82 Å². The van der Waals surface area contributed by atoms with Crippen molar-refractivity contribution in [1.29, 1.82) is 0 Å². The van der Waals surface area contributed by atoms with Crippen LogP contribution in [0.5, 0.6) is 0 Å². The molecule has 1 fully saturated rings. The summed E-state index contributed by atoms with van der Waals surface area (Å²) in [6.07, 6.45) is 2.16. The molecule has 1 aliphatic rings. The van der Waals surface area contributed by atoms with Crippen LogP contribution in [0.3, 0.4) is 0 Å². The highest BCUT2D eigenvalue weighted by Crippen LogP contribution is 2.25. The van der Waals surface area contributed by atoms with E-state index in [0.29, 0.717) is 11.9 Å². The zero-order valence-corrected chi connectivity index (χ0v) is 12.5. The Morgan fingerprint density at radius 3 is 2.70 bits per heavy atom. The van der Waals surface area contributed by atoms with Crippen molar-refractivity contribution in [1.82, 2.24) is 15.1 Å². The first kappa shape index (κ1) is 14.4. The summed E-state index contributed by atoms with van der Waals surface area (Å²) >= 11 is 0. The predicted octanol–water partition coefficient (Wildman–Crippen LogP) is 3.19. The molecule has 0 saturated heterocycles. The van der Waals surface area contributed by atoms with Crippen molar-refractivity contribution in [2.75, 3.05) is 5.32 Å². The summed E-state index contributed by atoms with van der Waals surface area (Å²) in [5, 5.41) is 11.1. The van der Waals surface area contributed by atoms with Gasteiger partial charge in [-0.25, -0.2) is 4.79 Å². The van der Waals surface area contributed by atoms with E-state index >= 15 is 0 Å². The number of carbonyl (C=O) groups is 1. The van der Waals surface area contributed by atoms with Crippen molar-refractivity contribution in [2.24, 2.45) is 7.05 Å². The molecule has 20 heavy (non-hydrogen) atoms. The van der Waals surface area contributed by atoms with Gasteiger partial charge in [0.2, 0.25) is 0 Å². The van der Waals surface area contributed by atoms with Gasteiger partial charge in [0.25, 0.3) is 0 Å². The van der Waals surface area contributed by atoms with Crippen LogP contribution in [0.25, 0.3) is 10.9 Å². The van der Waals surface area contributed by atoms with E-state index in [4.69, 9.17) is 0 Å². The fraction of sp³-hybridized carbons (Fsp3) is 0.467. The first-order valence-corrected chi connectivity index (χ1v) is 7.15. The number of hydrogen-bond acceptors (Lipinski definition) is 2. The lowest BCUT2D eigenvalue weighted by atomic mass is 10.1. The molecule has 108 valence electrons. The lowest BCUT2D eigenvalue weighted by molar-refractivity contribution is 0.251. The molecule has 0 aliphatic heterocycles. The van der Waals surface area contributed by atoms with E-state index in [0.717, 1.165) is 29.3 Å². The predicted molar refractivity (Wildman–Crippen MR) is 82.0 cm³/mol. The van der Waals surface area contributed by atoms with E-state index in [-0.39, 0.29) is 6.03 Å². The van der Waals surface area contributed by atoms with Crippen molar-refractivity contribution in [2.45, 2.75) is 39.7 Å². The van der Waals surface area contributed by atoms with Gasteiger partial charge in [-0.3, -0.25) is 10.00 Å². The molecule has 0 radical (unpaired) electrons. The highest BCUT2D eigenvalue weighted by molar-refractivity contribution is 6.00. The van der Waals surface area contributed by atoms with Crippen LogP contribution >= 0.6 is 0 Å². The van der Waals surface area contributed by atoms with Crippen LogP contribution in [-0.4, -0.2) is 21.9 Å². The van der Waals surface area contributed by atoms with E-state index in [1.54, 1.807) is 4.68 Å². The second kappa shape index (κ2) is 5.94. The quantitative estimate of drug-likeness (QED) is 0.883. The molecule has 1 aromatic carbocycles. The van der Waals surface area contributed by atoms with Gasteiger partial charge in [0.1, 0.15) is 0 Å². The van der Waals surface area contributed by atoms with E-state index in [1.165, 1.54) is 0 Å². The van der Waals surface area contributed by atoms with Crippen molar-refractivity contribution in [3.8, 4) is 0 Å². The SMILES string of the molecule is CC.Cc1cccc2c(NC(=O)NC3CC3)nn(C)c12. The van der Waals surface area contributed by atoms with Crippen LogP contribution in [0.4, 0.5) is 10.6 Å². The van der Waals surface area contributed by atoms with Crippen LogP contribution in [0.1, 0.15) is 32.3 Å². The Kier molecular flexibility index (Phi) is 4.27. The number of hydrogen-bond donors (Lipinski definition) is 2. The second-order valence-electron chi connectivity index (χ2n) is 4.82. The van der Waals surface area contributed by atoms with E-state index < -0.39 is 0 Å². The van der Waals surface area contributed by atoms with Crippen molar-refractivity contribution in [3.63, 3.8) is 0 Å². The van der Waals surface area contributed by atoms with Crippen LogP contribution < -0.4 is 10.6 Å². The Balaban J connectivity index is 0.000000704. The van der Waals surface area contributed by atoms with Crippen LogP contribution in [0.2, 0.25) is 0 Å². The summed E-state index contributed by atoms with van der Waals surface area (Å²) in [5.41, 5.74) is 2.21. The largest absolute Gasteiger partial charge is 0.335 e. The zero-order valence-electron chi connectivity index (χ0n) is 12.5. The molecule has 1 heterocycles. The fourth-order valence-electron chi connectivity index (χ4n) is 2.18. The lowest BCUT2D eigenvalue weighted by Crippen LogP contribution is -2.30. The lowest BCUT2D eigenvalue weighted by Gasteiger charge is -2.03. The molecule has 0 unspecified atom stereocenters. The molecule has 3 rings (SSSR count). The average molecular weight is 274 g/mol. The van der Waals surface area contributed by atoms with Gasteiger partial charge in [-0.1, -0.05) is 26.0 Å². The van der Waals surface area contributed by atoms with Crippen molar-refractivity contribution < 1.29 is 4.79 Å². The molecule has 5 heteroatoms. The number of nitrogens with one attached hydrogen (secondary N) is 2. The van der Waals surface area contributed by atoms with Gasteiger partial charge in [-0.05, 0) is 31.4 Å². The first-order valence-electron chi connectivity index (χ1n) is 7.15. The maximum atomic E-state index is 11.7. The summed E-state index contributed by atoms with van der Waals surface area (Å²) in [6.45, 7) is 6.04. The number of amides is 2. The Bertz CT molecular complexity index is 614. The molecular weight excluding hydrogens is 252 g/mol. The summed E-state index contributed by atoms with van der Waals surface area (Å²) in [6, 6.07) is 6.17. The third-order valence-corrected chi connectivity index (χ3v) is 3.21. The Labute approximate surface area is 119 Å². The Morgan fingerprint density at radius 2 is 2.05 bits per heavy atom. The smallest absolute Gasteiger partial charge is 0.320 e. The maximum absolute atomic E-state index is 11.7. The highest BCUT2D eigenvalue weighted by Gasteiger charge is 2.23. The summed E-state index contributed by atoms with van der Waals surface area (Å²) in [7, 11) is 1.89. The fourth-order valence-corrected chi connectivity index (χ4v) is 2.18. The number of urea groups is 1. The zero-order chi connectivity index (χ0) is 14.7. The standard InChI is InChI=1S/C13H16N4O.C2H6/c1-8-4-3-5-10-11(8)17(2)16-12(10)15-13(18)14-9-6-7-9;1-2/h3-5,9H,6-7H2,1-2H3,(H2,14,15,16,18);1-2H3. The van der Waals surface area contributed by atoms with Crippen LogP contribution in [0, 0.1) is 6.92 Å². The van der Waals surface area contributed by atoms with Gasteiger partial charge in [0.05, 0.1) is 5.52 Å². The number of fused-ring (bicyclic) bond motifs is 1. The number of benzene rings is 1. The number of rotatable bonds is 2. The molecule has 1 aliphatic carbocycles. The average Bonchev–Trinajstić information content (AvgIpc) is 3.17. The van der Waals surface area contributed by atoms with Crippen molar-refractivity contribution in [3.05, 3.63) is 23.8 Å². The minimum Gasteiger partial charge on any atom is -0.335 e. The van der Waals surface area contributed by atoms with Gasteiger partial charge in [-0.15, -0.1) is 0 Å². The van der Waals surface area contributed by atoms with E-state index in [9.17, 15) is 4.79 Å². The normalized spacial score (nSPS) is 13.6. The third-order valence-electron chi connectivity index (χ3n) is 3.21. The monoisotopic (exact) mass is 274 g/mol. The second-order valence-corrected chi connectivity index (χ2v) is 4.82. The summed E-state index contributed by atoms with van der Waals surface area (Å²) < 4.78 is 1.80. The third kappa shape index (κ3) is 2.92. The van der Waals surface area contributed by atoms with E-state index in [2.05, 4.69) is 15.7 Å². The number of anilines is 1. The minimum absolute atomic E-state index is 0.168. The molecular formula is C15H22N4O. The number of para-hydroxylation sites is 1. The number of aryl methyl sites for hydroxylation is 2. The number of aromatic nitrogens is 2. The van der Waals surface area contributed by atoms with Crippen LogP contribution in [0.15, 0.2) is 18.2 Å². The van der Waals surface area contributed by atoms with Crippen molar-refractivity contribution >= 4 is 22.8 Å². The molecule has 1 saturated carbocycles. The van der Waals surface area contributed by atoms with Gasteiger partial charge < -0.3 is 5.32 Å². The molecule has 5 nitrogen and oxygen atoms in total. The highest BCUT2D eigenvalue weighted by atomic mass is 16.2. The number of nitrogens with zero attached hydrogens (tertiary/aromatic N) is 2. The molecule has 2 aromatic rings. The Morgan fingerprint density at radius 1 is 1.35 bits per heavy atom. The molecule has 1 aromatic heterocycles. The minimum atomic E-state index is -0.168.